The summed E-state index contributed by atoms with van der Waals surface area (Å²) in [6.07, 6.45) is -0.168. The Labute approximate surface area is 141 Å². The molecule has 1 aliphatic heterocycles. The number of rotatable bonds is 2. The van der Waals surface area contributed by atoms with Crippen LogP contribution >= 0.6 is 15.9 Å². The van der Waals surface area contributed by atoms with E-state index in [0.29, 0.717) is 12.0 Å². The zero-order valence-electron chi connectivity index (χ0n) is 12.9. The van der Waals surface area contributed by atoms with Crippen molar-refractivity contribution in [3.63, 3.8) is 0 Å². The molecule has 0 N–H and O–H groups in total. The molecular formula is C15H16BrFN2O4. The third-order valence-corrected chi connectivity index (χ3v) is 3.83. The maximum absolute atomic E-state index is 13.8. The van der Waals surface area contributed by atoms with Crippen LogP contribution in [-0.4, -0.2) is 37.0 Å². The molecule has 2 rings (SSSR count). The average molecular weight is 387 g/mol. The fourth-order valence-corrected chi connectivity index (χ4v) is 2.73. The molecule has 0 fully saturated rings. The first kappa shape index (κ1) is 17.4. The van der Waals surface area contributed by atoms with Crippen molar-refractivity contribution in [2.24, 2.45) is 0 Å². The number of benzene rings is 1. The molecule has 0 saturated carbocycles. The number of amides is 2. The summed E-state index contributed by atoms with van der Waals surface area (Å²) in [7, 11) is 0. The summed E-state index contributed by atoms with van der Waals surface area (Å²) in [6.45, 7) is 4.61. The number of carbonyl (C=O) groups excluding carboxylic acids is 3. The SMILES string of the molecule is CC(C)(C)OC(=O)N1CC(=O)N(CC=O)c2c1ccc(F)c2Br. The summed E-state index contributed by atoms with van der Waals surface area (Å²) >= 11 is 3.08. The van der Waals surface area contributed by atoms with Gasteiger partial charge < -0.3 is 14.4 Å². The largest absolute Gasteiger partial charge is 0.443 e. The van der Waals surface area contributed by atoms with Crippen LogP contribution < -0.4 is 9.80 Å². The Bertz CT molecular complexity index is 672. The molecule has 2 amide bonds. The van der Waals surface area contributed by atoms with Crippen molar-refractivity contribution >= 4 is 45.6 Å². The van der Waals surface area contributed by atoms with Gasteiger partial charge in [-0.2, -0.15) is 0 Å². The molecule has 0 spiro atoms. The highest BCUT2D eigenvalue weighted by atomic mass is 79.9. The van der Waals surface area contributed by atoms with Gasteiger partial charge in [-0.05, 0) is 48.8 Å². The number of nitrogens with zero attached hydrogens (tertiary/aromatic N) is 2. The van der Waals surface area contributed by atoms with E-state index in [1.165, 1.54) is 12.1 Å². The minimum atomic E-state index is -0.739. The van der Waals surface area contributed by atoms with Crippen LogP contribution in [-0.2, 0) is 14.3 Å². The molecule has 1 aliphatic rings. The van der Waals surface area contributed by atoms with Gasteiger partial charge >= 0.3 is 6.09 Å². The van der Waals surface area contributed by atoms with E-state index in [2.05, 4.69) is 15.9 Å². The highest BCUT2D eigenvalue weighted by Gasteiger charge is 2.36. The second kappa shape index (κ2) is 6.27. The van der Waals surface area contributed by atoms with E-state index in [9.17, 15) is 18.8 Å². The third-order valence-electron chi connectivity index (χ3n) is 3.07. The van der Waals surface area contributed by atoms with Gasteiger partial charge in [-0.3, -0.25) is 9.69 Å². The molecular weight excluding hydrogens is 371 g/mol. The molecule has 23 heavy (non-hydrogen) atoms. The van der Waals surface area contributed by atoms with Crippen molar-refractivity contribution < 1.29 is 23.5 Å². The van der Waals surface area contributed by atoms with E-state index in [0.717, 1.165) is 9.80 Å². The second-order valence-electron chi connectivity index (χ2n) is 5.97. The number of fused-ring (bicyclic) bond motifs is 1. The van der Waals surface area contributed by atoms with Gasteiger partial charge in [0.15, 0.2) is 0 Å². The number of anilines is 2. The molecule has 1 aromatic carbocycles. The number of hydrogen-bond donors (Lipinski definition) is 0. The summed E-state index contributed by atoms with van der Waals surface area (Å²) in [5.41, 5.74) is -0.300. The number of aldehydes is 1. The van der Waals surface area contributed by atoms with Crippen molar-refractivity contribution in [2.45, 2.75) is 26.4 Å². The molecule has 8 heteroatoms. The van der Waals surface area contributed by atoms with E-state index >= 15 is 0 Å². The molecule has 0 bridgehead atoms. The van der Waals surface area contributed by atoms with Crippen LogP contribution in [0, 0.1) is 5.82 Å². The Kier molecular flexibility index (Phi) is 4.74. The second-order valence-corrected chi connectivity index (χ2v) is 6.76. The molecule has 1 aromatic rings. The standard InChI is InChI=1S/C15H16BrFN2O4/c1-15(2,3)23-14(22)19-8-11(21)18(6-7-20)13-10(19)5-4-9(17)12(13)16/h4-5,7H,6,8H2,1-3H3. The maximum Gasteiger partial charge on any atom is 0.415 e. The Hall–Kier alpha value is -1.96. The highest BCUT2D eigenvalue weighted by molar-refractivity contribution is 9.10. The van der Waals surface area contributed by atoms with Crippen LogP contribution in [0.25, 0.3) is 0 Å². The van der Waals surface area contributed by atoms with E-state index in [4.69, 9.17) is 4.74 Å². The first-order chi connectivity index (χ1) is 10.7. The van der Waals surface area contributed by atoms with E-state index in [1.54, 1.807) is 20.8 Å². The van der Waals surface area contributed by atoms with Gasteiger partial charge in [0.2, 0.25) is 5.91 Å². The predicted molar refractivity (Wildman–Crippen MR) is 86.1 cm³/mol. The molecule has 0 aromatic heterocycles. The molecule has 1 heterocycles. The Morgan fingerprint density at radius 3 is 2.65 bits per heavy atom. The molecule has 0 aliphatic carbocycles. The Balaban J connectivity index is 2.52. The zero-order valence-corrected chi connectivity index (χ0v) is 14.5. The Morgan fingerprint density at radius 2 is 2.09 bits per heavy atom. The number of carbonyl (C=O) groups is 3. The van der Waals surface area contributed by atoms with Gasteiger partial charge in [-0.25, -0.2) is 9.18 Å². The van der Waals surface area contributed by atoms with E-state index in [-0.39, 0.29) is 23.2 Å². The van der Waals surface area contributed by atoms with Gasteiger partial charge in [0.05, 0.1) is 22.4 Å². The highest BCUT2D eigenvalue weighted by Crippen LogP contribution is 2.41. The molecule has 0 unspecified atom stereocenters. The van der Waals surface area contributed by atoms with Gasteiger partial charge in [0.25, 0.3) is 0 Å². The molecule has 0 atom stereocenters. The van der Waals surface area contributed by atoms with Crippen LogP contribution in [0.5, 0.6) is 0 Å². The predicted octanol–water partition coefficient (Wildman–Crippen LogP) is 2.88. The van der Waals surface area contributed by atoms with Crippen molar-refractivity contribution in [3.8, 4) is 0 Å². The van der Waals surface area contributed by atoms with Gasteiger partial charge in [-0.15, -0.1) is 0 Å². The maximum atomic E-state index is 13.8. The molecule has 0 saturated heterocycles. The molecule has 6 nitrogen and oxygen atoms in total. The fraction of sp³-hybridized carbons (Fsp3) is 0.400. The summed E-state index contributed by atoms with van der Waals surface area (Å²) in [4.78, 5) is 37.7. The molecule has 124 valence electrons. The zero-order chi connectivity index (χ0) is 17.4. The molecule has 0 radical (unpaired) electrons. The summed E-state index contributed by atoms with van der Waals surface area (Å²) in [5.74, 6) is -1.10. The summed E-state index contributed by atoms with van der Waals surface area (Å²) < 4.78 is 19.1. The smallest absolute Gasteiger partial charge is 0.415 e. The van der Waals surface area contributed by atoms with Crippen LogP contribution in [0.4, 0.5) is 20.6 Å². The first-order valence-electron chi connectivity index (χ1n) is 6.88. The van der Waals surface area contributed by atoms with Gasteiger partial charge in [-0.1, -0.05) is 0 Å². The van der Waals surface area contributed by atoms with Gasteiger partial charge in [0, 0.05) is 0 Å². The van der Waals surface area contributed by atoms with Crippen molar-refractivity contribution in [1.82, 2.24) is 0 Å². The lowest BCUT2D eigenvalue weighted by molar-refractivity contribution is -0.119. The number of ether oxygens (including phenoxy) is 1. The normalized spacial score (nSPS) is 14.6. The topological polar surface area (TPSA) is 66.9 Å². The number of halogens is 2. The minimum absolute atomic E-state index is 0.0125. The minimum Gasteiger partial charge on any atom is -0.443 e. The third kappa shape index (κ3) is 3.52. The summed E-state index contributed by atoms with van der Waals surface area (Å²) in [5, 5.41) is 0. The van der Waals surface area contributed by atoms with E-state index < -0.39 is 23.4 Å². The lowest BCUT2D eigenvalue weighted by Gasteiger charge is -2.36. The van der Waals surface area contributed by atoms with Crippen molar-refractivity contribution in [2.75, 3.05) is 22.9 Å². The first-order valence-corrected chi connectivity index (χ1v) is 7.67. The van der Waals surface area contributed by atoms with Crippen molar-refractivity contribution in [1.29, 1.82) is 0 Å². The Morgan fingerprint density at radius 1 is 1.43 bits per heavy atom. The van der Waals surface area contributed by atoms with Crippen LogP contribution in [0.2, 0.25) is 0 Å². The number of hydrogen-bond acceptors (Lipinski definition) is 4. The van der Waals surface area contributed by atoms with Crippen LogP contribution in [0.1, 0.15) is 20.8 Å². The van der Waals surface area contributed by atoms with Gasteiger partial charge in [0.1, 0.15) is 24.2 Å². The summed E-state index contributed by atoms with van der Waals surface area (Å²) in [6, 6.07) is 2.55. The average Bonchev–Trinajstić information content (AvgIpc) is 2.43. The van der Waals surface area contributed by atoms with E-state index in [1.807, 2.05) is 0 Å². The lowest BCUT2D eigenvalue weighted by atomic mass is 10.1. The van der Waals surface area contributed by atoms with Crippen molar-refractivity contribution in [3.05, 3.63) is 22.4 Å². The van der Waals surface area contributed by atoms with Crippen LogP contribution in [0.15, 0.2) is 16.6 Å². The van der Waals surface area contributed by atoms with Crippen LogP contribution in [0.3, 0.4) is 0 Å². The monoisotopic (exact) mass is 386 g/mol. The lowest BCUT2D eigenvalue weighted by Crippen LogP contribution is -2.50. The fourth-order valence-electron chi connectivity index (χ4n) is 2.18. The quantitative estimate of drug-likeness (QED) is 0.732.